The number of morpholine rings is 1. The van der Waals surface area contributed by atoms with Crippen molar-refractivity contribution in [3.63, 3.8) is 0 Å². The molecule has 5 heteroatoms. The van der Waals surface area contributed by atoms with Crippen molar-refractivity contribution >= 4 is 16.5 Å². The summed E-state index contributed by atoms with van der Waals surface area (Å²) in [4.78, 5) is 8.65. The Balaban J connectivity index is 2.31. The number of aromatic nitrogens is 1. The SMILES string of the molecule is CNCc1sc(N2CCOCC2C)nc1C(C)(C)C. The van der Waals surface area contributed by atoms with Crippen LogP contribution < -0.4 is 10.2 Å². The highest BCUT2D eigenvalue weighted by Gasteiger charge is 2.27. The summed E-state index contributed by atoms with van der Waals surface area (Å²) < 4.78 is 5.51. The van der Waals surface area contributed by atoms with E-state index < -0.39 is 0 Å². The first-order chi connectivity index (χ1) is 8.93. The Labute approximate surface area is 120 Å². The van der Waals surface area contributed by atoms with Gasteiger partial charge in [0.2, 0.25) is 0 Å². The number of nitrogens with zero attached hydrogens (tertiary/aromatic N) is 2. The maximum Gasteiger partial charge on any atom is 0.186 e. The molecule has 1 atom stereocenters. The van der Waals surface area contributed by atoms with Gasteiger partial charge in [-0.15, -0.1) is 11.3 Å². The molecule has 1 aliphatic rings. The Hall–Kier alpha value is -0.650. The highest BCUT2D eigenvalue weighted by atomic mass is 32.1. The summed E-state index contributed by atoms with van der Waals surface area (Å²) in [7, 11) is 1.99. The highest BCUT2D eigenvalue weighted by Crippen LogP contribution is 2.34. The van der Waals surface area contributed by atoms with Gasteiger partial charge in [-0.05, 0) is 14.0 Å². The van der Waals surface area contributed by atoms with Crippen LogP contribution in [-0.2, 0) is 16.7 Å². The fourth-order valence-electron chi connectivity index (χ4n) is 2.34. The molecule has 0 radical (unpaired) electrons. The van der Waals surface area contributed by atoms with Gasteiger partial charge in [0.05, 0.1) is 24.9 Å². The van der Waals surface area contributed by atoms with Crippen molar-refractivity contribution in [3.05, 3.63) is 10.6 Å². The summed E-state index contributed by atoms with van der Waals surface area (Å²) in [5.74, 6) is 0. The van der Waals surface area contributed by atoms with Gasteiger partial charge < -0.3 is 15.0 Å². The van der Waals surface area contributed by atoms with Crippen LogP contribution in [0, 0.1) is 0 Å². The van der Waals surface area contributed by atoms with E-state index in [1.807, 2.05) is 18.4 Å². The van der Waals surface area contributed by atoms with E-state index in [4.69, 9.17) is 9.72 Å². The molecular weight excluding hydrogens is 258 g/mol. The molecule has 1 saturated heterocycles. The number of hydrogen-bond donors (Lipinski definition) is 1. The average molecular weight is 283 g/mol. The van der Waals surface area contributed by atoms with Crippen molar-refractivity contribution in [1.82, 2.24) is 10.3 Å². The lowest BCUT2D eigenvalue weighted by Gasteiger charge is -2.33. The lowest BCUT2D eigenvalue weighted by Crippen LogP contribution is -2.43. The van der Waals surface area contributed by atoms with Gasteiger partial charge in [0.15, 0.2) is 5.13 Å². The maximum absolute atomic E-state index is 5.51. The van der Waals surface area contributed by atoms with E-state index in [1.165, 1.54) is 10.6 Å². The number of ether oxygens (including phenoxy) is 1. The third kappa shape index (κ3) is 3.27. The van der Waals surface area contributed by atoms with Crippen LogP contribution in [0.2, 0.25) is 0 Å². The minimum Gasteiger partial charge on any atom is -0.377 e. The largest absolute Gasteiger partial charge is 0.377 e. The molecule has 1 fully saturated rings. The van der Waals surface area contributed by atoms with E-state index >= 15 is 0 Å². The van der Waals surface area contributed by atoms with E-state index in [2.05, 4.69) is 37.9 Å². The summed E-state index contributed by atoms with van der Waals surface area (Å²) >= 11 is 1.82. The quantitative estimate of drug-likeness (QED) is 0.924. The van der Waals surface area contributed by atoms with Crippen molar-refractivity contribution in [2.45, 2.75) is 45.7 Å². The molecule has 0 bridgehead atoms. The number of thiazole rings is 1. The summed E-state index contributed by atoms with van der Waals surface area (Å²) in [5, 5.41) is 4.40. The summed E-state index contributed by atoms with van der Waals surface area (Å²) in [5.41, 5.74) is 1.32. The fourth-order valence-corrected chi connectivity index (χ4v) is 3.75. The normalized spacial score (nSPS) is 20.9. The first-order valence-electron chi connectivity index (χ1n) is 6.92. The third-order valence-corrected chi connectivity index (χ3v) is 4.44. The van der Waals surface area contributed by atoms with Gasteiger partial charge >= 0.3 is 0 Å². The molecule has 0 aliphatic carbocycles. The second kappa shape index (κ2) is 5.77. The number of hydrogen-bond acceptors (Lipinski definition) is 5. The van der Waals surface area contributed by atoms with Crippen LogP contribution in [0.4, 0.5) is 5.13 Å². The highest BCUT2D eigenvalue weighted by molar-refractivity contribution is 7.15. The van der Waals surface area contributed by atoms with Crippen molar-refractivity contribution < 1.29 is 4.74 Å². The van der Waals surface area contributed by atoms with E-state index in [-0.39, 0.29) is 5.41 Å². The molecule has 2 rings (SSSR count). The topological polar surface area (TPSA) is 37.4 Å². The Kier molecular flexibility index (Phi) is 4.48. The number of nitrogens with one attached hydrogen (secondary N) is 1. The third-order valence-electron chi connectivity index (χ3n) is 3.35. The molecule has 1 N–H and O–H groups in total. The summed E-state index contributed by atoms with van der Waals surface area (Å²) in [6.07, 6.45) is 0. The van der Waals surface area contributed by atoms with Gasteiger partial charge in [-0.3, -0.25) is 0 Å². The molecule has 1 aliphatic heterocycles. The maximum atomic E-state index is 5.51. The minimum atomic E-state index is 0.0937. The molecule has 1 aromatic heterocycles. The van der Waals surface area contributed by atoms with Gasteiger partial charge in [0, 0.05) is 23.4 Å². The molecule has 19 heavy (non-hydrogen) atoms. The summed E-state index contributed by atoms with van der Waals surface area (Å²) in [6.45, 7) is 12.3. The van der Waals surface area contributed by atoms with Crippen LogP contribution in [0.5, 0.6) is 0 Å². The van der Waals surface area contributed by atoms with Gasteiger partial charge in [0.1, 0.15) is 0 Å². The molecule has 108 valence electrons. The van der Waals surface area contributed by atoms with Gasteiger partial charge in [-0.25, -0.2) is 4.98 Å². The van der Waals surface area contributed by atoms with E-state index in [1.54, 1.807) is 0 Å². The van der Waals surface area contributed by atoms with Gasteiger partial charge in [0.25, 0.3) is 0 Å². The molecule has 1 unspecified atom stereocenters. The van der Waals surface area contributed by atoms with Crippen LogP contribution in [0.1, 0.15) is 38.3 Å². The predicted molar refractivity (Wildman–Crippen MR) is 81.2 cm³/mol. The van der Waals surface area contributed by atoms with Crippen LogP contribution in [0.3, 0.4) is 0 Å². The van der Waals surface area contributed by atoms with E-state index in [9.17, 15) is 0 Å². The Bertz CT molecular complexity index is 425. The predicted octanol–water partition coefficient (Wildman–Crippen LogP) is 2.39. The van der Waals surface area contributed by atoms with Crippen LogP contribution in [0.15, 0.2) is 0 Å². The Morgan fingerprint density at radius 1 is 1.47 bits per heavy atom. The van der Waals surface area contributed by atoms with Crippen LogP contribution >= 0.6 is 11.3 Å². The molecule has 2 heterocycles. The Morgan fingerprint density at radius 3 is 2.79 bits per heavy atom. The number of rotatable bonds is 3. The first kappa shape index (κ1) is 14.8. The molecule has 4 nitrogen and oxygen atoms in total. The minimum absolute atomic E-state index is 0.0937. The van der Waals surface area contributed by atoms with Crippen LogP contribution in [-0.4, -0.2) is 37.8 Å². The first-order valence-corrected chi connectivity index (χ1v) is 7.74. The molecule has 0 spiro atoms. The average Bonchev–Trinajstić information content (AvgIpc) is 2.74. The van der Waals surface area contributed by atoms with Gasteiger partial charge in [-0.1, -0.05) is 20.8 Å². The molecule has 1 aromatic rings. The molecule has 0 amide bonds. The monoisotopic (exact) mass is 283 g/mol. The smallest absolute Gasteiger partial charge is 0.186 e. The molecule has 0 aromatic carbocycles. The summed E-state index contributed by atoms with van der Waals surface area (Å²) in [6, 6.07) is 0.412. The van der Waals surface area contributed by atoms with E-state index in [0.717, 1.165) is 31.4 Å². The van der Waals surface area contributed by atoms with Crippen molar-refractivity contribution in [2.24, 2.45) is 0 Å². The van der Waals surface area contributed by atoms with Crippen molar-refractivity contribution in [2.75, 3.05) is 31.7 Å². The lowest BCUT2D eigenvalue weighted by atomic mass is 9.91. The zero-order chi connectivity index (χ0) is 14.0. The lowest BCUT2D eigenvalue weighted by molar-refractivity contribution is 0.0989. The van der Waals surface area contributed by atoms with Crippen molar-refractivity contribution in [1.29, 1.82) is 0 Å². The standard InChI is InChI=1S/C14H25N3OS/c1-10-9-18-7-6-17(10)13-16-12(14(2,3)4)11(19-13)8-15-5/h10,15H,6-9H2,1-5H3. The van der Waals surface area contributed by atoms with E-state index in [0.29, 0.717) is 6.04 Å². The zero-order valence-corrected chi connectivity index (χ0v) is 13.4. The number of anilines is 1. The zero-order valence-electron chi connectivity index (χ0n) is 12.6. The molecule has 0 saturated carbocycles. The fraction of sp³-hybridized carbons (Fsp3) is 0.786. The molecular formula is C14H25N3OS. The second-order valence-corrected chi connectivity index (χ2v) is 7.23. The van der Waals surface area contributed by atoms with Crippen molar-refractivity contribution in [3.8, 4) is 0 Å². The van der Waals surface area contributed by atoms with Gasteiger partial charge in [-0.2, -0.15) is 0 Å². The second-order valence-electron chi connectivity index (χ2n) is 6.17. The van der Waals surface area contributed by atoms with Crippen LogP contribution in [0.25, 0.3) is 0 Å². The Morgan fingerprint density at radius 2 is 2.21 bits per heavy atom.